The lowest BCUT2D eigenvalue weighted by atomic mass is 9.97. The average molecular weight is 274 g/mol. The number of nitrogen functional groups attached to an aromatic ring is 1. The van der Waals surface area contributed by atoms with Crippen LogP contribution in [0.1, 0.15) is 16.7 Å². The van der Waals surface area contributed by atoms with Crippen molar-refractivity contribution < 1.29 is 0 Å². The highest BCUT2D eigenvalue weighted by Crippen LogP contribution is 2.22. The van der Waals surface area contributed by atoms with Crippen molar-refractivity contribution in [2.24, 2.45) is 0 Å². The Labute approximate surface area is 125 Å². The summed E-state index contributed by atoms with van der Waals surface area (Å²) < 4.78 is 0. The second kappa shape index (κ2) is 5.80. The molecule has 3 aromatic rings. The van der Waals surface area contributed by atoms with Gasteiger partial charge in [0.2, 0.25) is 0 Å². The second-order valence-electron chi connectivity index (χ2n) is 5.30. The van der Waals surface area contributed by atoms with E-state index in [2.05, 4.69) is 54.4 Å². The molecule has 0 fully saturated rings. The van der Waals surface area contributed by atoms with Crippen molar-refractivity contribution >= 4 is 5.69 Å². The molecule has 0 saturated carbocycles. The van der Waals surface area contributed by atoms with Crippen LogP contribution in [0, 0.1) is 6.92 Å². The number of aromatic nitrogens is 1. The highest BCUT2D eigenvalue weighted by Gasteiger charge is 2.03. The molecule has 2 heteroatoms. The SMILES string of the molecule is Cc1ccc(N)cc1Cc1cccc(-c2cccnc2)c1. The monoisotopic (exact) mass is 274 g/mol. The van der Waals surface area contributed by atoms with Crippen LogP contribution in [0.4, 0.5) is 5.69 Å². The van der Waals surface area contributed by atoms with Gasteiger partial charge in [0, 0.05) is 18.1 Å². The van der Waals surface area contributed by atoms with Gasteiger partial charge in [0.1, 0.15) is 0 Å². The standard InChI is InChI=1S/C19H18N2/c1-14-7-8-19(20)12-18(14)11-15-4-2-5-16(10-15)17-6-3-9-21-13-17/h2-10,12-13H,11,20H2,1H3. The molecule has 0 aliphatic carbocycles. The third-order valence-corrected chi connectivity index (χ3v) is 3.69. The average Bonchev–Trinajstić information content (AvgIpc) is 2.52. The fraction of sp³-hybridized carbons (Fsp3) is 0.105. The molecule has 0 spiro atoms. The van der Waals surface area contributed by atoms with Gasteiger partial charge in [-0.05, 0) is 59.4 Å². The minimum Gasteiger partial charge on any atom is -0.399 e. The van der Waals surface area contributed by atoms with Crippen LogP contribution in [0.3, 0.4) is 0 Å². The van der Waals surface area contributed by atoms with Crippen LogP contribution in [-0.2, 0) is 6.42 Å². The minimum atomic E-state index is 0.819. The van der Waals surface area contributed by atoms with Crippen LogP contribution in [0.15, 0.2) is 67.0 Å². The van der Waals surface area contributed by atoms with Gasteiger partial charge >= 0.3 is 0 Å². The zero-order valence-electron chi connectivity index (χ0n) is 12.1. The normalized spacial score (nSPS) is 10.5. The number of nitrogens with two attached hydrogens (primary N) is 1. The molecule has 1 aromatic heterocycles. The number of hydrogen-bond donors (Lipinski definition) is 1. The van der Waals surface area contributed by atoms with E-state index in [1.807, 2.05) is 18.3 Å². The summed E-state index contributed by atoms with van der Waals surface area (Å²) in [6.07, 6.45) is 4.58. The molecule has 0 radical (unpaired) electrons. The van der Waals surface area contributed by atoms with Gasteiger partial charge in [0.25, 0.3) is 0 Å². The minimum absolute atomic E-state index is 0.819. The molecular weight excluding hydrogens is 256 g/mol. The van der Waals surface area contributed by atoms with Gasteiger partial charge < -0.3 is 5.73 Å². The number of aryl methyl sites for hydroxylation is 1. The maximum absolute atomic E-state index is 5.89. The van der Waals surface area contributed by atoms with Gasteiger partial charge in [-0.3, -0.25) is 4.98 Å². The van der Waals surface area contributed by atoms with Gasteiger partial charge in [-0.15, -0.1) is 0 Å². The summed E-state index contributed by atoms with van der Waals surface area (Å²) in [7, 11) is 0. The first-order valence-corrected chi connectivity index (χ1v) is 7.07. The maximum Gasteiger partial charge on any atom is 0.0346 e. The van der Waals surface area contributed by atoms with E-state index in [4.69, 9.17) is 5.73 Å². The van der Waals surface area contributed by atoms with Gasteiger partial charge in [-0.2, -0.15) is 0 Å². The predicted octanol–water partition coefficient (Wildman–Crippen LogP) is 4.23. The topological polar surface area (TPSA) is 38.9 Å². The quantitative estimate of drug-likeness (QED) is 0.726. The number of hydrogen-bond acceptors (Lipinski definition) is 2. The molecule has 0 aliphatic heterocycles. The molecule has 0 bridgehead atoms. The summed E-state index contributed by atoms with van der Waals surface area (Å²) in [5.41, 5.74) is 12.9. The van der Waals surface area contributed by atoms with Gasteiger partial charge in [-0.1, -0.05) is 36.4 Å². The Morgan fingerprint density at radius 3 is 2.62 bits per heavy atom. The Bertz CT molecular complexity index is 749. The molecule has 0 unspecified atom stereocenters. The lowest BCUT2D eigenvalue weighted by molar-refractivity contribution is 1.16. The molecule has 3 rings (SSSR count). The second-order valence-corrected chi connectivity index (χ2v) is 5.30. The van der Waals surface area contributed by atoms with E-state index in [1.165, 1.54) is 22.3 Å². The van der Waals surface area contributed by atoms with Crippen molar-refractivity contribution in [3.05, 3.63) is 83.7 Å². The van der Waals surface area contributed by atoms with E-state index in [1.54, 1.807) is 6.20 Å². The van der Waals surface area contributed by atoms with Crippen LogP contribution in [0.25, 0.3) is 11.1 Å². The molecule has 0 amide bonds. The zero-order valence-corrected chi connectivity index (χ0v) is 12.1. The Balaban J connectivity index is 1.92. The summed E-state index contributed by atoms with van der Waals surface area (Å²) in [5, 5.41) is 0. The van der Waals surface area contributed by atoms with E-state index >= 15 is 0 Å². The first kappa shape index (κ1) is 13.4. The zero-order chi connectivity index (χ0) is 14.7. The van der Waals surface area contributed by atoms with Crippen LogP contribution in [0.2, 0.25) is 0 Å². The van der Waals surface area contributed by atoms with E-state index < -0.39 is 0 Å². The Morgan fingerprint density at radius 1 is 0.952 bits per heavy atom. The summed E-state index contributed by atoms with van der Waals surface area (Å²) in [5.74, 6) is 0. The van der Waals surface area contributed by atoms with Crippen molar-refractivity contribution in [2.45, 2.75) is 13.3 Å². The van der Waals surface area contributed by atoms with Crippen molar-refractivity contribution in [3.8, 4) is 11.1 Å². The van der Waals surface area contributed by atoms with Gasteiger partial charge in [0.05, 0.1) is 0 Å². The number of pyridine rings is 1. The van der Waals surface area contributed by atoms with E-state index in [0.29, 0.717) is 0 Å². The van der Waals surface area contributed by atoms with Crippen LogP contribution in [-0.4, -0.2) is 4.98 Å². The first-order valence-electron chi connectivity index (χ1n) is 7.07. The third kappa shape index (κ3) is 3.11. The van der Waals surface area contributed by atoms with Crippen molar-refractivity contribution in [3.63, 3.8) is 0 Å². The predicted molar refractivity (Wildman–Crippen MR) is 88.1 cm³/mol. The molecule has 2 aromatic carbocycles. The first-order chi connectivity index (χ1) is 10.2. The third-order valence-electron chi connectivity index (χ3n) is 3.69. The van der Waals surface area contributed by atoms with Crippen molar-refractivity contribution in [2.75, 3.05) is 5.73 Å². The van der Waals surface area contributed by atoms with Crippen LogP contribution < -0.4 is 5.73 Å². The fourth-order valence-corrected chi connectivity index (χ4v) is 2.50. The molecule has 104 valence electrons. The van der Waals surface area contributed by atoms with Crippen LogP contribution >= 0.6 is 0 Å². The molecule has 1 heterocycles. The summed E-state index contributed by atoms with van der Waals surface area (Å²) in [6, 6.07) is 18.7. The number of anilines is 1. The smallest absolute Gasteiger partial charge is 0.0346 e. The highest BCUT2D eigenvalue weighted by molar-refractivity contribution is 5.63. The Hall–Kier alpha value is -2.61. The maximum atomic E-state index is 5.89. The van der Waals surface area contributed by atoms with Crippen molar-refractivity contribution in [1.82, 2.24) is 4.98 Å². The number of nitrogens with zero attached hydrogens (tertiary/aromatic N) is 1. The molecule has 2 nitrogen and oxygen atoms in total. The lowest BCUT2D eigenvalue weighted by Gasteiger charge is -2.09. The Kier molecular flexibility index (Phi) is 3.69. The number of benzene rings is 2. The Morgan fingerprint density at radius 2 is 1.81 bits per heavy atom. The molecular formula is C19H18N2. The number of rotatable bonds is 3. The van der Waals surface area contributed by atoms with Gasteiger partial charge in [-0.25, -0.2) is 0 Å². The fourth-order valence-electron chi connectivity index (χ4n) is 2.50. The van der Waals surface area contributed by atoms with Crippen LogP contribution in [0.5, 0.6) is 0 Å². The van der Waals surface area contributed by atoms with Crippen molar-refractivity contribution in [1.29, 1.82) is 0 Å². The van der Waals surface area contributed by atoms with E-state index in [0.717, 1.165) is 17.7 Å². The van der Waals surface area contributed by atoms with Gasteiger partial charge in [0.15, 0.2) is 0 Å². The molecule has 0 aliphatic rings. The summed E-state index contributed by atoms with van der Waals surface area (Å²) >= 11 is 0. The molecule has 0 atom stereocenters. The largest absolute Gasteiger partial charge is 0.399 e. The summed E-state index contributed by atoms with van der Waals surface area (Å²) in [4.78, 5) is 4.18. The van der Waals surface area contributed by atoms with E-state index in [-0.39, 0.29) is 0 Å². The van der Waals surface area contributed by atoms with E-state index in [9.17, 15) is 0 Å². The molecule has 2 N–H and O–H groups in total. The lowest BCUT2D eigenvalue weighted by Crippen LogP contribution is -1.95. The highest BCUT2D eigenvalue weighted by atomic mass is 14.6. The molecule has 21 heavy (non-hydrogen) atoms. The molecule has 0 saturated heterocycles. The summed E-state index contributed by atoms with van der Waals surface area (Å²) in [6.45, 7) is 2.12.